The fraction of sp³-hybridized carbons (Fsp3) is 0.429. The topological polar surface area (TPSA) is 47.3 Å². The predicted octanol–water partition coefficient (Wildman–Crippen LogP) is 4.42. The molecule has 2 aromatic carbocycles. The van der Waals surface area contributed by atoms with Crippen LogP contribution in [0, 0.1) is 5.92 Å². The summed E-state index contributed by atoms with van der Waals surface area (Å²) < 4.78 is 5.82. The average Bonchev–Trinajstić information content (AvgIpc) is 2.58. The van der Waals surface area contributed by atoms with E-state index in [4.69, 9.17) is 10.5 Å². The molecule has 0 amide bonds. The molecule has 0 heterocycles. The molecule has 3 nitrogen and oxygen atoms in total. The summed E-state index contributed by atoms with van der Waals surface area (Å²) in [6.07, 6.45) is 3.40. The second kappa shape index (κ2) is 9.99. The van der Waals surface area contributed by atoms with Gasteiger partial charge in [0.05, 0.1) is 5.69 Å². The quantitative estimate of drug-likeness (QED) is 0.502. The Balaban J connectivity index is 1.73. The van der Waals surface area contributed by atoms with Crippen LogP contribution in [0.2, 0.25) is 0 Å². The number of aryl methyl sites for hydroxylation is 1. The van der Waals surface area contributed by atoms with Crippen molar-refractivity contribution >= 4 is 5.69 Å². The van der Waals surface area contributed by atoms with Gasteiger partial charge in [0.1, 0.15) is 12.4 Å². The van der Waals surface area contributed by atoms with E-state index in [9.17, 15) is 0 Å². The van der Waals surface area contributed by atoms with Crippen LogP contribution in [0.1, 0.15) is 37.8 Å². The highest BCUT2D eigenvalue weighted by atomic mass is 16.5. The summed E-state index contributed by atoms with van der Waals surface area (Å²) in [6, 6.07) is 16.3. The number of nitrogen functional groups attached to an aromatic ring is 1. The van der Waals surface area contributed by atoms with Gasteiger partial charge in [-0.05, 0) is 61.5 Å². The average molecular weight is 326 g/mol. The first-order chi connectivity index (χ1) is 11.6. The Morgan fingerprint density at radius 1 is 1.00 bits per heavy atom. The first-order valence-corrected chi connectivity index (χ1v) is 8.91. The molecule has 0 atom stereocenters. The van der Waals surface area contributed by atoms with E-state index in [1.165, 1.54) is 12.0 Å². The predicted molar refractivity (Wildman–Crippen MR) is 102 cm³/mol. The number of ether oxygens (including phenoxy) is 1. The van der Waals surface area contributed by atoms with Gasteiger partial charge in [0, 0.05) is 0 Å². The molecule has 0 aliphatic rings. The first kappa shape index (κ1) is 18.3. The number of hydrogen-bond donors (Lipinski definition) is 2. The minimum Gasteiger partial charge on any atom is -0.487 e. The van der Waals surface area contributed by atoms with Crippen LogP contribution in [-0.4, -0.2) is 13.1 Å². The Labute approximate surface area is 146 Å². The maximum Gasteiger partial charge on any atom is 0.142 e. The Kier molecular flexibility index (Phi) is 7.63. The third kappa shape index (κ3) is 6.63. The fourth-order valence-electron chi connectivity index (χ4n) is 2.55. The maximum atomic E-state index is 6.13. The maximum absolute atomic E-state index is 6.13. The van der Waals surface area contributed by atoms with Crippen LogP contribution in [0.5, 0.6) is 5.75 Å². The summed E-state index contributed by atoms with van der Waals surface area (Å²) >= 11 is 0. The van der Waals surface area contributed by atoms with Gasteiger partial charge in [-0.15, -0.1) is 0 Å². The van der Waals surface area contributed by atoms with Crippen LogP contribution in [-0.2, 0) is 13.0 Å². The third-order valence-electron chi connectivity index (χ3n) is 4.03. The highest BCUT2D eigenvalue weighted by molar-refractivity contribution is 5.54. The molecule has 2 aromatic rings. The highest BCUT2D eigenvalue weighted by Crippen LogP contribution is 2.24. The van der Waals surface area contributed by atoms with E-state index in [1.54, 1.807) is 0 Å². The molecule has 3 N–H and O–H groups in total. The molecule has 0 aliphatic carbocycles. The van der Waals surface area contributed by atoms with Crippen molar-refractivity contribution in [3.8, 4) is 5.75 Å². The summed E-state index contributed by atoms with van der Waals surface area (Å²) in [4.78, 5) is 0. The molecule has 0 bridgehead atoms. The molecule has 0 aliphatic heterocycles. The van der Waals surface area contributed by atoms with Crippen molar-refractivity contribution in [2.45, 2.75) is 39.7 Å². The van der Waals surface area contributed by atoms with Gasteiger partial charge >= 0.3 is 0 Å². The zero-order valence-corrected chi connectivity index (χ0v) is 14.9. The molecule has 0 saturated heterocycles. The van der Waals surface area contributed by atoms with Gasteiger partial charge in [0.2, 0.25) is 0 Å². The molecule has 0 spiro atoms. The van der Waals surface area contributed by atoms with Gasteiger partial charge in [-0.2, -0.15) is 0 Å². The summed E-state index contributed by atoms with van der Waals surface area (Å²) in [6.45, 7) is 7.22. The molecule has 0 aromatic heterocycles. The van der Waals surface area contributed by atoms with Crippen LogP contribution in [0.4, 0.5) is 5.69 Å². The van der Waals surface area contributed by atoms with Crippen molar-refractivity contribution in [1.82, 2.24) is 5.32 Å². The molecule has 0 radical (unpaired) electrons. The summed E-state index contributed by atoms with van der Waals surface area (Å²) in [5, 5.41) is 3.50. The second-order valence-corrected chi connectivity index (χ2v) is 6.68. The van der Waals surface area contributed by atoms with Crippen LogP contribution >= 0.6 is 0 Å². The van der Waals surface area contributed by atoms with Gasteiger partial charge in [-0.3, -0.25) is 0 Å². The molecular weight excluding hydrogens is 296 g/mol. The van der Waals surface area contributed by atoms with Crippen molar-refractivity contribution < 1.29 is 4.74 Å². The largest absolute Gasteiger partial charge is 0.487 e. The van der Waals surface area contributed by atoms with Crippen LogP contribution < -0.4 is 15.8 Å². The molecule has 0 unspecified atom stereocenters. The van der Waals surface area contributed by atoms with Gasteiger partial charge < -0.3 is 15.8 Å². The van der Waals surface area contributed by atoms with E-state index in [2.05, 4.69) is 37.4 Å². The Bertz CT molecular complexity index is 596. The zero-order chi connectivity index (χ0) is 17.2. The lowest BCUT2D eigenvalue weighted by Gasteiger charge is -2.11. The normalized spacial score (nSPS) is 11.0. The number of rotatable bonds is 10. The summed E-state index contributed by atoms with van der Waals surface area (Å²) in [7, 11) is 0. The zero-order valence-electron chi connectivity index (χ0n) is 14.9. The third-order valence-corrected chi connectivity index (χ3v) is 4.03. The van der Waals surface area contributed by atoms with Crippen molar-refractivity contribution in [1.29, 1.82) is 0 Å². The van der Waals surface area contributed by atoms with Crippen LogP contribution in [0.25, 0.3) is 0 Å². The minimum absolute atomic E-state index is 0.546. The Morgan fingerprint density at radius 2 is 1.79 bits per heavy atom. The molecule has 3 heteroatoms. The number of hydrogen-bond acceptors (Lipinski definition) is 3. The number of nitrogens with one attached hydrogen (secondary N) is 1. The van der Waals surface area contributed by atoms with Gasteiger partial charge in [0.15, 0.2) is 0 Å². The SMILES string of the molecule is CC(C)CCNCCCc1ccc(OCc2ccccc2)c(N)c1. The fourth-order valence-corrected chi connectivity index (χ4v) is 2.55. The second-order valence-electron chi connectivity index (χ2n) is 6.68. The standard InChI is InChI=1S/C21H30N2O/c1-17(2)12-14-23-13-6-9-18-10-11-21(20(22)15-18)24-16-19-7-4-3-5-8-19/h3-5,7-8,10-11,15,17,23H,6,9,12-14,16,22H2,1-2H3. The van der Waals surface area contributed by atoms with E-state index in [-0.39, 0.29) is 0 Å². The molecule has 130 valence electrons. The molecular formula is C21H30N2O. The van der Waals surface area contributed by atoms with Crippen molar-refractivity contribution in [2.75, 3.05) is 18.8 Å². The summed E-state index contributed by atoms with van der Waals surface area (Å²) in [5.74, 6) is 1.53. The van der Waals surface area contributed by atoms with Crippen LogP contribution in [0.3, 0.4) is 0 Å². The van der Waals surface area contributed by atoms with E-state index in [0.29, 0.717) is 6.61 Å². The molecule has 0 saturated carbocycles. The van der Waals surface area contributed by atoms with Crippen molar-refractivity contribution in [2.24, 2.45) is 5.92 Å². The lowest BCUT2D eigenvalue weighted by molar-refractivity contribution is 0.308. The first-order valence-electron chi connectivity index (χ1n) is 8.91. The lowest BCUT2D eigenvalue weighted by atomic mass is 10.1. The minimum atomic E-state index is 0.546. The summed E-state index contributed by atoms with van der Waals surface area (Å²) in [5.41, 5.74) is 9.26. The van der Waals surface area contributed by atoms with Gasteiger partial charge in [0.25, 0.3) is 0 Å². The molecule has 0 fully saturated rings. The van der Waals surface area contributed by atoms with Crippen molar-refractivity contribution in [3.05, 3.63) is 59.7 Å². The molecule has 24 heavy (non-hydrogen) atoms. The van der Waals surface area contributed by atoms with E-state index in [0.717, 1.165) is 48.8 Å². The van der Waals surface area contributed by atoms with Gasteiger partial charge in [-0.1, -0.05) is 50.2 Å². The molecule has 2 rings (SSSR count). The Hall–Kier alpha value is -2.00. The van der Waals surface area contributed by atoms with Gasteiger partial charge in [-0.25, -0.2) is 0 Å². The van der Waals surface area contributed by atoms with E-state index >= 15 is 0 Å². The van der Waals surface area contributed by atoms with E-state index in [1.807, 2.05) is 30.3 Å². The van der Waals surface area contributed by atoms with Crippen LogP contribution in [0.15, 0.2) is 48.5 Å². The number of benzene rings is 2. The van der Waals surface area contributed by atoms with E-state index < -0.39 is 0 Å². The highest BCUT2D eigenvalue weighted by Gasteiger charge is 2.03. The number of anilines is 1. The number of nitrogens with two attached hydrogens (primary N) is 1. The monoisotopic (exact) mass is 326 g/mol. The van der Waals surface area contributed by atoms with Crippen molar-refractivity contribution in [3.63, 3.8) is 0 Å². The smallest absolute Gasteiger partial charge is 0.142 e. The Morgan fingerprint density at radius 3 is 2.50 bits per heavy atom. The lowest BCUT2D eigenvalue weighted by Crippen LogP contribution is -2.18.